The number of benzene rings is 2. The molecule has 152 valence electrons. The van der Waals surface area contributed by atoms with Gasteiger partial charge in [-0.25, -0.2) is 0 Å². The summed E-state index contributed by atoms with van der Waals surface area (Å²) < 4.78 is 11.5. The van der Waals surface area contributed by atoms with E-state index in [0.717, 1.165) is 56.9 Å². The van der Waals surface area contributed by atoms with Crippen LogP contribution in [0, 0.1) is 6.92 Å². The molecular formula is C22H30ClN3O2. The minimum atomic E-state index is 0.463. The summed E-state index contributed by atoms with van der Waals surface area (Å²) in [5, 5.41) is 7.45. The molecule has 2 aromatic rings. The van der Waals surface area contributed by atoms with E-state index in [9.17, 15) is 0 Å². The second-order valence-corrected chi connectivity index (χ2v) is 7.50. The van der Waals surface area contributed by atoms with Gasteiger partial charge in [0, 0.05) is 45.8 Å². The van der Waals surface area contributed by atoms with Crippen molar-refractivity contribution in [3.63, 3.8) is 0 Å². The lowest BCUT2D eigenvalue weighted by molar-refractivity contribution is 0.241. The standard InChI is InChI=1S/C22H30ClN3O2/c1-17-5-3-4-6-19(17)16-28-22-20(23)13-18(14-21(22)27-2)15-25-9-12-26-10-7-24-8-11-26/h3-6,13-14,24-25H,7-12,15-16H2,1-2H3. The predicted octanol–water partition coefficient (Wildman–Crippen LogP) is 3.23. The highest BCUT2D eigenvalue weighted by Gasteiger charge is 2.13. The van der Waals surface area contributed by atoms with Crippen molar-refractivity contribution >= 4 is 11.6 Å². The van der Waals surface area contributed by atoms with Crippen LogP contribution in [0.5, 0.6) is 11.5 Å². The SMILES string of the molecule is COc1cc(CNCCN2CCNCC2)cc(Cl)c1OCc1ccccc1C. The second-order valence-electron chi connectivity index (χ2n) is 7.09. The first-order chi connectivity index (χ1) is 13.7. The van der Waals surface area contributed by atoms with Gasteiger partial charge in [-0.1, -0.05) is 35.9 Å². The lowest BCUT2D eigenvalue weighted by Crippen LogP contribution is -2.45. The lowest BCUT2D eigenvalue weighted by Gasteiger charge is -2.27. The quantitative estimate of drug-likeness (QED) is 0.629. The third kappa shape index (κ3) is 5.85. The van der Waals surface area contributed by atoms with Gasteiger partial charge in [-0.2, -0.15) is 0 Å². The van der Waals surface area contributed by atoms with Crippen molar-refractivity contribution in [3.05, 3.63) is 58.1 Å². The fraction of sp³-hybridized carbons (Fsp3) is 0.455. The smallest absolute Gasteiger partial charge is 0.180 e. The number of piperazine rings is 1. The zero-order valence-corrected chi connectivity index (χ0v) is 17.5. The summed E-state index contributed by atoms with van der Waals surface area (Å²) in [6, 6.07) is 12.1. The molecule has 0 bridgehead atoms. The summed E-state index contributed by atoms with van der Waals surface area (Å²) in [6.07, 6.45) is 0. The number of hydrogen-bond donors (Lipinski definition) is 2. The highest BCUT2D eigenvalue weighted by Crippen LogP contribution is 2.37. The Bertz CT molecular complexity index is 763. The van der Waals surface area contributed by atoms with Crippen LogP contribution in [0.3, 0.4) is 0 Å². The molecule has 1 aliphatic heterocycles. The molecule has 0 radical (unpaired) electrons. The lowest BCUT2D eigenvalue weighted by atomic mass is 10.1. The highest BCUT2D eigenvalue weighted by molar-refractivity contribution is 6.32. The van der Waals surface area contributed by atoms with Gasteiger partial charge in [0.2, 0.25) is 0 Å². The van der Waals surface area contributed by atoms with E-state index in [1.807, 2.05) is 24.3 Å². The van der Waals surface area contributed by atoms with E-state index >= 15 is 0 Å². The molecule has 2 aromatic carbocycles. The van der Waals surface area contributed by atoms with Crippen molar-refractivity contribution in [2.75, 3.05) is 46.4 Å². The van der Waals surface area contributed by atoms with Gasteiger partial charge in [0.15, 0.2) is 11.5 Å². The zero-order chi connectivity index (χ0) is 19.8. The van der Waals surface area contributed by atoms with Crippen molar-refractivity contribution in [1.29, 1.82) is 0 Å². The maximum absolute atomic E-state index is 6.51. The van der Waals surface area contributed by atoms with Crippen molar-refractivity contribution in [3.8, 4) is 11.5 Å². The topological polar surface area (TPSA) is 45.8 Å². The summed E-state index contributed by atoms with van der Waals surface area (Å²) in [4.78, 5) is 2.47. The Morgan fingerprint density at radius 3 is 2.71 bits per heavy atom. The van der Waals surface area contributed by atoms with Crippen LogP contribution >= 0.6 is 11.6 Å². The van der Waals surface area contributed by atoms with E-state index < -0.39 is 0 Å². The molecule has 1 fully saturated rings. The van der Waals surface area contributed by atoms with Crippen LogP contribution in [0.2, 0.25) is 5.02 Å². The number of nitrogens with one attached hydrogen (secondary N) is 2. The van der Waals surface area contributed by atoms with Crippen LogP contribution in [0.15, 0.2) is 36.4 Å². The largest absolute Gasteiger partial charge is 0.493 e. The minimum absolute atomic E-state index is 0.463. The molecule has 28 heavy (non-hydrogen) atoms. The molecule has 0 aliphatic carbocycles. The third-order valence-corrected chi connectivity index (χ3v) is 5.35. The van der Waals surface area contributed by atoms with Gasteiger partial charge in [-0.05, 0) is 35.7 Å². The summed E-state index contributed by atoms with van der Waals surface area (Å²) in [6.45, 7) is 9.70. The summed E-state index contributed by atoms with van der Waals surface area (Å²) in [7, 11) is 1.65. The Kier molecular flexibility index (Phi) is 7.98. The van der Waals surface area contributed by atoms with Crippen LogP contribution in [0.25, 0.3) is 0 Å². The maximum Gasteiger partial charge on any atom is 0.180 e. The molecule has 0 unspecified atom stereocenters. The molecule has 1 saturated heterocycles. The second kappa shape index (κ2) is 10.7. The molecule has 3 rings (SSSR count). The van der Waals surface area contributed by atoms with E-state index in [1.165, 1.54) is 5.56 Å². The number of rotatable bonds is 9. The number of ether oxygens (including phenoxy) is 2. The molecular weight excluding hydrogens is 374 g/mol. The fourth-order valence-corrected chi connectivity index (χ4v) is 3.63. The molecule has 5 nitrogen and oxygen atoms in total. The molecule has 0 aromatic heterocycles. The molecule has 1 aliphatic rings. The van der Waals surface area contributed by atoms with Crippen LogP contribution in [-0.2, 0) is 13.2 Å². The van der Waals surface area contributed by atoms with E-state index in [1.54, 1.807) is 7.11 Å². The van der Waals surface area contributed by atoms with E-state index in [2.05, 4.69) is 34.6 Å². The van der Waals surface area contributed by atoms with E-state index in [-0.39, 0.29) is 0 Å². The predicted molar refractivity (Wildman–Crippen MR) is 115 cm³/mol. The Morgan fingerprint density at radius 1 is 1.18 bits per heavy atom. The number of methoxy groups -OCH3 is 1. The maximum atomic E-state index is 6.51. The molecule has 0 amide bonds. The number of aryl methyl sites for hydroxylation is 1. The molecule has 0 saturated carbocycles. The first-order valence-corrected chi connectivity index (χ1v) is 10.2. The first-order valence-electron chi connectivity index (χ1n) is 9.85. The molecule has 1 heterocycles. The average molecular weight is 404 g/mol. The van der Waals surface area contributed by atoms with Gasteiger partial charge >= 0.3 is 0 Å². The Hall–Kier alpha value is -1.79. The normalized spacial score (nSPS) is 14.8. The van der Waals surface area contributed by atoms with Gasteiger partial charge < -0.3 is 20.1 Å². The van der Waals surface area contributed by atoms with Crippen molar-refractivity contribution in [2.45, 2.75) is 20.1 Å². The third-order valence-electron chi connectivity index (χ3n) is 5.07. The van der Waals surface area contributed by atoms with Gasteiger partial charge in [-0.15, -0.1) is 0 Å². The van der Waals surface area contributed by atoms with Crippen LogP contribution in [-0.4, -0.2) is 51.3 Å². The first kappa shape index (κ1) is 20.9. The minimum Gasteiger partial charge on any atom is -0.493 e. The number of halogens is 1. The van der Waals surface area contributed by atoms with Gasteiger partial charge in [0.25, 0.3) is 0 Å². The van der Waals surface area contributed by atoms with Crippen LogP contribution in [0.4, 0.5) is 0 Å². The Morgan fingerprint density at radius 2 is 1.96 bits per heavy atom. The zero-order valence-electron chi connectivity index (χ0n) is 16.8. The Labute approximate surface area is 173 Å². The molecule has 0 spiro atoms. The van der Waals surface area contributed by atoms with Crippen molar-refractivity contribution in [1.82, 2.24) is 15.5 Å². The molecule has 2 N–H and O–H groups in total. The van der Waals surface area contributed by atoms with Crippen molar-refractivity contribution in [2.24, 2.45) is 0 Å². The van der Waals surface area contributed by atoms with Crippen molar-refractivity contribution < 1.29 is 9.47 Å². The summed E-state index contributed by atoms with van der Waals surface area (Å²) in [5.41, 5.74) is 3.42. The fourth-order valence-electron chi connectivity index (χ4n) is 3.34. The van der Waals surface area contributed by atoms with Gasteiger partial charge in [0.05, 0.1) is 12.1 Å². The van der Waals surface area contributed by atoms with E-state index in [0.29, 0.717) is 23.1 Å². The average Bonchev–Trinajstić information content (AvgIpc) is 2.72. The molecule has 0 atom stereocenters. The number of nitrogens with zero attached hydrogens (tertiary/aromatic N) is 1. The van der Waals surface area contributed by atoms with Gasteiger partial charge in [0.1, 0.15) is 6.61 Å². The summed E-state index contributed by atoms with van der Waals surface area (Å²) in [5.74, 6) is 1.26. The van der Waals surface area contributed by atoms with Crippen LogP contribution < -0.4 is 20.1 Å². The number of hydrogen-bond acceptors (Lipinski definition) is 5. The van der Waals surface area contributed by atoms with Gasteiger partial charge in [-0.3, -0.25) is 4.90 Å². The Balaban J connectivity index is 1.55. The monoisotopic (exact) mass is 403 g/mol. The summed E-state index contributed by atoms with van der Waals surface area (Å²) >= 11 is 6.51. The van der Waals surface area contributed by atoms with E-state index in [4.69, 9.17) is 21.1 Å². The highest BCUT2D eigenvalue weighted by atomic mass is 35.5. The van der Waals surface area contributed by atoms with Crippen LogP contribution in [0.1, 0.15) is 16.7 Å². The molecule has 6 heteroatoms.